The molecule has 0 aliphatic carbocycles. The van der Waals surface area contributed by atoms with Gasteiger partial charge < -0.3 is 10.6 Å². The number of hydrogen-bond donors (Lipinski definition) is 2. The third-order valence-corrected chi connectivity index (χ3v) is 5.26. The molecule has 1 aliphatic heterocycles. The highest BCUT2D eigenvalue weighted by molar-refractivity contribution is 7.13. The van der Waals surface area contributed by atoms with Crippen molar-refractivity contribution in [1.82, 2.24) is 10.3 Å². The predicted octanol–water partition coefficient (Wildman–Crippen LogP) is 4.99. The molecule has 8 heteroatoms. The molecular weight excluding hydrogens is 375 g/mol. The highest BCUT2D eigenvalue weighted by Gasteiger charge is 2.30. The van der Waals surface area contributed by atoms with Gasteiger partial charge in [0.1, 0.15) is 11.2 Å². The SMILES string of the molecule is Cc1cccc2c1C(=O)N[C@@H](c1csc(-c3ccc(C(F)(F)F)cc3)n1)N2. The Morgan fingerprint density at radius 2 is 1.81 bits per heavy atom. The maximum Gasteiger partial charge on any atom is 0.416 e. The quantitative estimate of drug-likeness (QED) is 0.649. The van der Waals surface area contributed by atoms with Crippen molar-refractivity contribution in [1.29, 1.82) is 0 Å². The first-order valence-electron chi connectivity index (χ1n) is 8.13. The van der Waals surface area contributed by atoms with Gasteiger partial charge in [-0.1, -0.05) is 24.3 Å². The second kappa shape index (κ2) is 6.38. The molecule has 3 aromatic rings. The van der Waals surface area contributed by atoms with Crippen LogP contribution in [0.15, 0.2) is 47.8 Å². The fourth-order valence-electron chi connectivity index (χ4n) is 2.99. The van der Waals surface area contributed by atoms with Gasteiger partial charge >= 0.3 is 6.18 Å². The molecule has 0 fully saturated rings. The number of aryl methyl sites for hydroxylation is 1. The standard InChI is InChI=1S/C19H14F3N3OS/c1-10-3-2-4-13-15(10)17(26)25-16(23-13)14-9-27-18(24-14)11-5-7-12(8-6-11)19(20,21)22/h2-9,16,23H,1H3,(H,25,26)/t16-/m0/s1. The number of carbonyl (C=O) groups excluding carboxylic acids is 1. The van der Waals surface area contributed by atoms with Gasteiger partial charge in [0, 0.05) is 16.6 Å². The van der Waals surface area contributed by atoms with Crippen molar-refractivity contribution in [3.8, 4) is 10.6 Å². The summed E-state index contributed by atoms with van der Waals surface area (Å²) in [7, 11) is 0. The molecule has 2 aromatic carbocycles. The van der Waals surface area contributed by atoms with Gasteiger partial charge in [-0.05, 0) is 30.7 Å². The van der Waals surface area contributed by atoms with Crippen LogP contribution in [0.1, 0.15) is 33.3 Å². The van der Waals surface area contributed by atoms with Crippen molar-refractivity contribution in [3.05, 3.63) is 70.2 Å². The lowest BCUT2D eigenvalue weighted by Crippen LogP contribution is -2.39. The lowest BCUT2D eigenvalue weighted by atomic mass is 10.0. The molecule has 0 radical (unpaired) electrons. The number of fused-ring (bicyclic) bond motifs is 1. The van der Waals surface area contributed by atoms with Gasteiger partial charge in [-0.2, -0.15) is 13.2 Å². The average molecular weight is 389 g/mol. The molecule has 0 spiro atoms. The minimum Gasteiger partial charge on any atom is -0.360 e. The molecule has 1 aliphatic rings. The Morgan fingerprint density at radius 3 is 2.52 bits per heavy atom. The van der Waals surface area contributed by atoms with E-state index >= 15 is 0 Å². The number of rotatable bonds is 2. The van der Waals surface area contributed by atoms with Crippen LogP contribution in [0.2, 0.25) is 0 Å². The van der Waals surface area contributed by atoms with Crippen molar-refractivity contribution >= 4 is 22.9 Å². The number of benzene rings is 2. The minimum absolute atomic E-state index is 0.184. The highest BCUT2D eigenvalue weighted by atomic mass is 32.1. The molecule has 1 atom stereocenters. The average Bonchev–Trinajstić information content (AvgIpc) is 3.11. The van der Waals surface area contributed by atoms with E-state index in [-0.39, 0.29) is 5.91 Å². The number of anilines is 1. The minimum atomic E-state index is -4.37. The first-order valence-corrected chi connectivity index (χ1v) is 9.01. The van der Waals surface area contributed by atoms with Gasteiger partial charge in [0.2, 0.25) is 0 Å². The molecule has 1 amide bonds. The number of thiazole rings is 1. The normalized spacial score (nSPS) is 16.4. The summed E-state index contributed by atoms with van der Waals surface area (Å²) < 4.78 is 38.1. The van der Waals surface area contributed by atoms with Gasteiger partial charge in [-0.25, -0.2) is 4.98 Å². The Hall–Kier alpha value is -2.87. The van der Waals surface area contributed by atoms with Crippen LogP contribution in [0.3, 0.4) is 0 Å². The summed E-state index contributed by atoms with van der Waals surface area (Å²) in [5.41, 5.74) is 2.71. The van der Waals surface area contributed by atoms with E-state index in [0.29, 0.717) is 21.8 Å². The lowest BCUT2D eigenvalue weighted by Gasteiger charge is -2.27. The monoisotopic (exact) mass is 389 g/mol. The van der Waals surface area contributed by atoms with Crippen molar-refractivity contribution in [3.63, 3.8) is 0 Å². The Bertz CT molecular complexity index is 1010. The molecule has 0 bridgehead atoms. The topological polar surface area (TPSA) is 54.0 Å². The number of hydrogen-bond acceptors (Lipinski definition) is 4. The molecule has 4 rings (SSSR count). The van der Waals surface area contributed by atoms with Crippen LogP contribution in [0.5, 0.6) is 0 Å². The molecule has 0 saturated carbocycles. The molecule has 4 nitrogen and oxygen atoms in total. The number of alkyl halides is 3. The zero-order valence-electron chi connectivity index (χ0n) is 14.1. The summed E-state index contributed by atoms with van der Waals surface area (Å²) in [6, 6.07) is 10.4. The van der Waals surface area contributed by atoms with Gasteiger partial charge in [0.15, 0.2) is 0 Å². The molecule has 138 valence electrons. The fraction of sp³-hybridized carbons (Fsp3) is 0.158. The summed E-state index contributed by atoms with van der Waals surface area (Å²) in [4.78, 5) is 16.9. The van der Waals surface area contributed by atoms with Crippen LogP contribution >= 0.6 is 11.3 Å². The number of amides is 1. The zero-order valence-corrected chi connectivity index (χ0v) is 14.9. The van der Waals surface area contributed by atoms with Crippen LogP contribution in [-0.4, -0.2) is 10.9 Å². The number of nitrogens with one attached hydrogen (secondary N) is 2. The molecule has 0 saturated heterocycles. The van der Waals surface area contributed by atoms with Crippen LogP contribution in [0, 0.1) is 6.92 Å². The Kier molecular flexibility index (Phi) is 4.15. The van der Waals surface area contributed by atoms with Gasteiger partial charge in [0.25, 0.3) is 5.91 Å². The maximum absolute atomic E-state index is 12.7. The zero-order chi connectivity index (χ0) is 19.2. The second-order valence-corrected chi connectivity index (χ2v) is 7.06. The summed E-state index contributed by atoms with van der Waals surface area (Å²) in [6.07, 6.45) is -4.86. The third kappa shape index (κ3) is 3.28. The van der Waals surface area contributed by atoms with Gasteiger partial charge in [-0.3, -0.25) is 4.79 Å². The van der Waals surface area contributed by atoms with E-state index in [4.69, 9.17) is 0 Å². The molecule has 2 heterocycles. The van der Waals surface area contributed by atoms with E-state index < -0.39 is 17.9 Å². The lowest BCUT2D eigenvalue weighted by molar-refractivity contribution is -0.137. The van der Waals surface area contributed by atoms with Crippen molar-refractivity contribution in [2.75, 3.05) is 5.32 Å². The first-order chi connectivity index (χ1) is 12.8. The Labute approximate surface area is 157 Å². The summed E-state index contributed by atoms with van der Waals surface area (Å²) in [5, 5.41) is 8.48. The van der Waals surface area contributed by atoms with E-state index in [1.807, 2.05) is 25.1 Å². The van der Waals surface area contributed by atoms with E-state index in [1.165, 1.54) is 23.5 Å². The number of carbonyl (C=O) groups is 1. The molecule has 27 heavy (non-hydrogen) atoms. The largest absolute Gasteiger partial charge is 0.416 e. The van der Waals surface area contributed by atoms with Crippen LogP contribution in [-0.2, 0) is 6.18 Å². The van der Waals surface area contributed by atoms with Gasteiger partial charge in [-0.15, -0.1) is 11.3 Å². The molecule has 2 N–H and O–H groups in total. The maximum atomic E-state index is 12.7. The Balaban J connectivity index is 1.59. The Morgan fingerprint density at radius 1 is 1.07 bits per heavy atom. The van der Waals surface area contributed by atoms with Crippen LogP contribution < -0.4 is 10.6 Å². The van der Waals surface area contributed by atoms with Crippen LogP contribution in [0.4, 0.5) is 18.9 Å². The van der Waals surface area contributed by atoms with Crippen molar-refractivity contribution in [2.45, 2.75) is 19.3 Å². The molecule has 1 aromatic heterocycles. The molecule has 0 unspecified atom stereocenters. The summed E-state index contributed by atoms with van der Waals surface area (Å²) in [6.45, 7) is 1.87. The summed E-state index contributed by atoms with van der Waals surface area (Å²) >= 11 is 1.31. The predicted molar refractivity (Wildman–Crippen MR) is 97.6 cm³/mol. The third-order valence-electron chi connectivity index (χ3n) is 4.35. The summed E-state index contributed by atoms with van der Waals surface area (Å²) in [5.74, 6) is -0.184. The van der Waals surface area contributed by atoms with E-state index in [2.05, 4.69) is 15.6 Å². The van der Waals surface area contributed by atoms with E-state index in [9.17, 15) is 18.0 Å². The number of nitrogens with zero attached hydrogens (tertiary/aromatic N) is 1. The highest BCUT2D eigenvalue weighted by Crippen LogP contribution is 2.34. The fourth-order valence-corrected chi connectivity index (χ4v) is 3.84. The number of halogens is 3. The first kappa shape index (κ1) is 17.5. The van der Waals surface area contributed by atoms with Crippen LogP contribution in [0.25, 0.3) is 10.6 Å². The van der Waals surface area contributed by atoms with Crippen molar-refractivity contribution in [2.24, 2.45) is 0 Å². The van der Waals surface area contributed by atoms with E-state index in [0.717, 1.165) is 23.4 Å². The molecular formula is C19H14F3N3OS. The van der Waals surface area contributed by atoms with Gasteiger partial charge in [0.05, 0.1) is 16.8 Å². The second-order valence-electron chi connectivity index (χ2n) is 6.20. The van der Waals surface area contributed by atoms with Crippen molar-refractivity contribution < 1.29 is 18.0 Å². The smallest absolute Gasteiger partial charge is 0.360 e. The van der Waals surface area contributed by atoms with E-state index in [1.54, 1.807) is 5.38 Å². The number of aromatic nitrogens is 1.